The summed E-state index contributed by atoms with van der Waals surface area (Å²) in [5, 5.41) is 10.3. The van der Waals surface area contributed by atoms with Crippen LogP contribution in [0.25, 0.3) is 10.9 Å². The quantitative estimate of drug-likeness (QED) is 0.716. The molecule has 0 aliphatic rings. The molecule has 0 fully saturated rings. The number of carbonyl (C=O) groups is 1. The summed E-state index contributed by atoms with van der Waals surface area (Å²) in [6, 6.07) is 10.7. The molecule has 0 atom stereocenters. The number of sulfone groups is 1. The summed E-state index contributed by atoms with van der Waals surface area (Å²) in [6.07, 6.45) is 0. The summed E-state index contributed by atoms with van der Waals surface area (Å²) >= 11 is 12.1. The molecule has 0 radical (unpaired) electrons. The van der Waals surface area contributed by atoms with Crippen LogP contribution in [0.1, 0.15) is 5.69 Å². The van der Waals surface area contributed by atoms with Gasteiger partial charge in [-0.3, -0.25) is 4.79 Å². The highest BCUT2D eigenvalue weighted by Crippen LogP contribution is 2.37. The van der Waals surface area contributed by atoms with Gasteiger partial charge in [0.25, 0.3) is 0 Å². The van der Waals surface area contributed by atoms with E-state index in [2.05, 4.69) is 0 Å². The number of carboxylic acids is 1. The van der Waals surface area contributed by atoms with Gasteiger partial charge in [-0.2, -0.15) is 0 Å². The molecule has 0 aliphatic carbocycles. The van der Waals surface area contributed by atoms with Crippen LogP contribution < -0.4 is 0 Å². The van der Waals surface area contributed by atoms with Gasteiger partial charge in [-0.1, -0.05) is 35.3 Å². The fourth-order valence-corrected chi connectivity index (χ4v) is 4.95. The lowest BCUT2D eigenvalue weighted by Crippen LogP contribution is -2.11. The van der Waals surface area contributed by atoms with Crippen LogP contribution in [0.4, 0.5) is 0 Å². The van der Waals surface area contributed by atoms with Crippen molar-refractivity contribution in [3.63, 3.8) is 0 Å². The Bertz CT molecular complexity index is 1090. The lowest BCUT2D eigenvalue weighted by Gasteiger charge is -2.07. The molecule has 0 bridgehead atoms. The second-order valence-electron chi connectivity index (χ2n) is 5.49. The van der Waals surface area contributed by atoms with Gasteiger partial charge >= 0.3 is 5.97 Å². The first-order valence-corrected chi connectivity index (χ1v) is 9.47. The van der Waals surface area contributed by atoms with Crippen molar-refractivity contribution in [2.45, 2.75) is 23.3 Å². The molecule has 2 aromatic carbocycles. The summed E-state index contributed by atoms with van der Waals surface area (Å²) in [4.78, 5) is 11.3. The van der Waals surface area contributed by atoms with E-state index in [0.29, 0.717) is 26.6 Å². The first-order valence-electron chi connectivity index (χ1n) is 7.23. The molecular weight excluding hydrogens is 385 g/mol. The Balaban J connectivity index is 2.37. The largest absolute Gasteiger partial charge is 0.480 e. The van der Waals surface area contributed by atoms with Crippen molar-refractivity contribution >= 4 is 49.9 Å². The topological polar surface area (TPSA) is 76.4 Å². The van der Waals surface area contributed by atoms with Crippen molar-refractivity contribution in [2.24, 2.45) is 0 Å². The predicted octanol–water partition coefficient (Wildman–Crippen LogP) is 4.17. The molecule has 1 N–H and O–H groups in total. The van der Waals surface area contributed by atoms with Gasteiger partial charge in [0.1, 0.15) is 11.4 Å². The minimum Gasteiger partial charge on any atom is -0.480 e. The van der Waals surface area contributed by atoms with Crippen molar-refractivity contribution < 1.29 is 18.3 Å². The second kappa shape index (κ2) is 6.37. The summed E-state index contributed by atoms with van der Waals surface area (Å²) in [6.45, 7) is 1.18. The third kappa shape index (κ3) is 3.01. The molecular formula is C17H13Cl2NO4S. The van der Waals surface area contributed by atoms with Crippen molar-refractivity contribution in [2.75, 3.05) is 0 Å². The zero-order chi connectivity index (χ0) is 18.4. The number of benzene rings is 2. The predicted molar refractivity (Wildman–Crippen MR) is 96.2 cm³/mol. The Morgan fingerprint density at radius 3 is 2.36 bits per heavy atom. The Morgan fingerprint density at radius 1 is 1.12 bits per heavy atom. The molecule has 1 aromatic heterocycles. The van der Waals surface area contributed by atoms with E-state index in [4.69, 9.17) is 23.2 Å². The van der Waals surface area contributed by atoms with Gasteiger partial charge in [0.15, 0.2) is 0 Å². The summed E-state index contributed by atoms with van der Waals surface area (Å²) in [5.41, 5.74) is 0.706. The van der Waals surface area contributed by atoms with Crippen LogP contribution in [0, 0.1) is 6.92 Å². The number of nitrogens with zero attached hydrogens (tertiary/aromatic N) is 1. The number of fused-ring (bicyclic) bond motifs is 1. The van der Waals surface area contributed by atoms with Crippen LogP contribution in [-0.4, -0.2) is 24.1 Å². The lowest BCUT2D eigenvalue weighted by molar-refractivity contribution is -0.137. The minimum atomic E-state index is -3.88. The van der Waals surface area contributed by atoms with Crippen LogP contribution in [0.15, 0.2) is 52.3 Å². The SMILES string of the molecule is Cc1c(S(=O)(=O)c2ccc(Cl)cc2)c2cccc(Cl)c2n1CC(=O)O. The van der Waals surface area contributed by atoms with E-state index in [9.17, 15) is 18.3 Å². The third-order valence-electron chi connectivity index (χ3n) is 3.92. The third-order valence-corrected chi connectivity index (χ3v) is 6.42. The van der Waals surface area contributed by atoms with Crippen LogP contribution >= 0.6 is 23.2 Å². The molecule has 0 saturated heterocycles. The number of carboxylic acid groups (broad SMARTS) is 1. The number of para-hydroxylation sites is 1. The molecule has 3 aromatic rings. The molecule has 0 unspecified atom stereocenters. The van der Waals surface area contributed by atoms with E-state index in [0.717, 1.165) is 0 Å². The monoisotopic (exact) mass is 397 g/mol. The summed E-state index contributed by atoms with van der Waals surface area (Å²) in [5.74, 6) is -1.09. The molecule has 130 valence electrons. The molecule has 8 heteroatoms. The van der Waals surface area contributed by atoms with Gasteiger partial charge in [0.05, 0.1) is 15.4 Å². The van der Waals surface area contributed by atoms with Gasteiger partial charge in [0, 0.05) is 16.1 Å². The van der Waals surface area contributed by atoms with E-state index in [-0.39, 0.29) is 16.3 Å². The smallest absolute Gasteiger partial charge is 0.323 e. The molecule has 25 heavy (non-hydrogen) atoms. The van der Waals surface area contributed by atoms with Crippen LogP contribution in [-0.2, 0) is 21.2 Å². The fourth-order valence-electron chi connectivity index (χ4n) is 2.86. The highest BCUT2D eigenvalue weighted by molar-refractivity contribution is 7.91. The van der Waals surface area contributed by atoms with Gasteiger partial charge in [0.2, 0.25) is 9.84 Å². The normalized spacial score (nSPS) is 11.8. The molecule has 0 saturated carbocycles. The number of hydrogen-bond donors (Lipinski definition) is 1. The van der Waals surface area contributed by atoms with E-state index in [1.54, 1.807) is 25.1 Å². The zero-order valence-corrected chi connectivity index (χ0v) is 15.4. The zero-order valence-electron chi connectivity index (χ0n) is 13.0. The number of hydrogen-bond acceptors (Lipinski definition) is 3. The van der Waals surface area contributed by atoms with Gasteiger partial charge in [-0.05, 0) is 37.3 Å². The Morgan fingerprint density at radius 2 is 1.76 bits per heavy atom. The molecule has 0 amide bonds. The summed E-state index contributed by atoms with van der Waals surface area (Å²) in [7, 11) is -3.88. The van der Waals surface area contributed by atoms with E-state index >= 15 is 0 Å². The van der Waals surface area contributed by atoms with Crippen molar-refractivity contribution in [1.82, 2.24) is 4.57 Å². The molecule has 3 rings (SSSR count). The van der Waals surface area contributed by atoms with Crippen LogP contribution in [0.2, 0.25) is 10.0 Å². The van der Waals surface area contributed by atoms with E-state index in [1.807, 2.05) is 0 Å². The summed E-state index contributed by atoms with van der Waals surface area (Å²) < 4.78 is 27.7. The van der Waals surface area contributed by atoms with Gasteiger partial charge in [-0.25, -0.2) is 8.42 Å². The van der Waals surface area contributed by atoms with Gasteiger partial charge in [-0.15, -0.1) is 0 Å². The minimum absolute atomic E-state index is 0.0496. The van der Waals surface area contributed by atoms with Crippen molar-refractivity contribution in [3.8, 4) is 0 Å². The maximum Gasteiger partial charge on any atom is 0.323 e. The fraction of sp³-hybridized carbons (Fsp3) is 0.118. The van der Waals surface area contributed by atoms with Crippen LogP contribution in [0.5, 0.6) is 0 Å². The highest BCUT2D eigenvalue weighted by Gasteiger charge is 2.28. The average Bonchev–Trinajstić information content (AvgIpc) is 2.81. The lowest BCUT2D eigenvalue weighted by atomic mass is 10.2. The highest BCUT2D eigenvalue weighted by atomic mass is 35.5. The standard InChI is InChI=1S/C17H13Cl2NO4S/c1-10-17(25(23,24)12-7-5-11(18)6-8-12)13-3-2-4-14(19)16(13)20(10)9-15(21)22/h2-8H,9H2,1H3,(H,21,22). The van der Waals surface area contributed by atoms with Crippen molar-refractivity contribution in [1.29, 1.82) is 0 Å². The van der Waals surface area contributed by atoms with Crippen molar-refractivity contribution in [3.05, 3.63) is 58.2 Å². The number of aromatic nitrogens is 1. The van der Waals surface area contributed by atoms with E-state index < -0.39 is 15.8 Å². The number of rotatable bonds is 4. The Hall–Kier alpha value is -2.02. The van der Waals surface area contributed by atoms with Gasteiger partial charge < -0.3 is 9.67 Å². The maximum atomic E-state index is 13.1. The average molecular weight is 398 g/mol. The molecule has 0 spiro atoms. The molecule has 0 aliphatic heterocycles. The van der Waals surface area contributed by atoms with Crippen LogP contribution in [0.3, 0.4) is 0 Å². The Labute approximate surface area is 154 Å². The maximum absolute atomic E-state index is 13.1. The first-order chi connectivity index (χ1) is 11.7. The Kier molecular flexibility index (Phi) is 4.53. The van der Waals surface area contributed by atoms with E-state index in [1.165, 1.54) is 28.8 Å². The molecule has 5 nitrogen and oxygen atoms in total. The molecule has 1 heterocycles. The first kappa shape index (κ1) is 17.8. The number of aliphatic carboxylic acids is 1. The second-order valence-corrected chi connectivity index (χ2v) is 8.22. The number of halogens is 2.